The monoisotopic (exact) mass is 682 g/mol. The van der Waals surface area contributed by atoms with Crippen molar-refractivity contribution in [2.75, 3.05) is 28.4 Å². The van der Waals surface area contributed by atoms with Crippen molar-refractivity contribution in [2.24, 2.45) is 4.99 Å². The number of thiophene rings is 4. The summed E-state index contributed by atoms with van der Waals surface area (Å²) in [6.45, 7) is 2.11. The van der Waals surface area contributed by atoms with E-state index in [4.69, 9.17) is 23.9 Å². The topological polar surface area (TPSA) is 65.1 Å². The molecule has 0 spiro atoms. The number of allylic oxidation sites excluding steroid dienone is 2. The molecular weight excluding hydrogens is 653 g/mol. The minimum atomic E-state index is 0.841. The zero-order valence-electron chi connectivity index (χ0n) is 25.8. The summed E-state index contributed by atoms with van der Waals surface area (Å²) in [5.74, 6) is 0. The van der Waals surface area contributed by atoms with E-state index in [9.17, 15) is 0 Å². The van der Waals surface area contributed by atoms with Crippen molar-refractivity contribution in [3.63, 3.8) is 0 Å². The number of nitrogens with one attached hydrogen (secondary N) is 1. The van der Waals surface area contributed by atoms with Gasteiger partial charge < -0.3 is 23.9 Å². The molecule has 6 aromatic rings. The number of aromatic amines is 1. The molecule has 232 valence electrons. The van der Waals surface area contributed by atoms with E-state index < -0.39 is 0 Å². The van der Waals surface area contributed by atoms with Crippen LogP contribution in [0.15, 0.2) is 95.6 Å². The second-order valence-electron chi connectivity index (χ2n) is 10.4. The highest BCUT2D eigenvalue weighted by molar-refractivity contribution is 7.18. The lowest BCUT2D eigenvalue weighted by Crippen LogP contribution is -1.97. The second-order valence-corrected chi connectivity index (χ2v) is 14.6. The van der Waals surface area contributed by atoms with Gasteiger partial charge in [0.05, 0.1) is 55.3 Å². The summed E-state index contributed by atoms with van der Waals surface area (Å²) in [5, 5.41) is 3.41. The first kappa shape index (κ1) is 30.3. The van der Waals surface area contributed by atoms with Gasteiger partial charge in [-0.3, -0.25) is 0 Å². The molecule has 0 bridgehead atoms. The average molecular weight is 683 g/mol. The van der Waals surface area contributed by atoms with Crippen LogP contribution in [-0.4, -0.2) is 39.1 Å². The number of nitrogens with zero attached hydrogens (tertiary/aromatic N) is 1. The SMILES string of the molecule is COc1ccc(C2=C/C(=C(\c3ccc(C)cc3)c3cc(-c4ccc(OC)s4)c(-c4ccc(OC)s4)[nH]3)N=C2c2ccc(OC)s2)s1. The largest absolute Gasteiger partial charge is 0.487 e. The number of hydrogen-bond donors (Lipinski definition) is 1. The average Bonchev–Trinajstić information content (AvgIpc) is 3.93. The van der Waals surface area contributed by atoms with Gasteiger partial charge in [-0.1, -0.05) is 75.2 Å². The lowest BCUT2D eigenvalue weighted by atomic mass is 9.98. The van der Waals surface area contributed by atoms with Gasteiger partial charge in [0.2, 0.25) is 0 Å². The van der Waals surface area contributed by atoms with E-state index in [1.165, 1.54) is 5.56 Å². The maximum Gasteiger partial charge on any atom is 0.173 e. The molecule has 6 nitrogen and oxygen atoms in total. The highest BCUT2D eigenvalue weighted by Crippen LogP contribution is 2.46. The number of ether oxygens (including phenoxy) is 4. The molecule has 0 atom stereocenters. The normalized spacial score (nSPS) is 13.8. The van der Waals surface area contributed by atoms with Crippen LogP contribution >= 0.6 is 45.3 Å². The second kappa shape index (κ2) is 12.8. The first-order valence-corrected chi connectivity index (χ1v) is 17.7. The van der Waals surface area contributed by atoms with E-state index in [0.717, 1.165) is 84.8 Å². The van der Waals surface area contributed by atoms with Crippen molar-refractivity contribution in [1.82, 2.24) is 4.98 Å². The number of aryl methyl sites for hydroxylation is 1. The standard InChI is InChI=1S/C36H30N2O4S4/c1-20-6-8-21(9-7-20)34(24-18-22(26-10-14-30(39-2)43-26)35(37-24)28-12-16-32(41-4)45-28)25-19-23(27-11-15-31(40-3)44-27)36(38-25)29-13-17-33(42-5)46-29/h6-19,37H,1-5H3/b34-25-. The van der Waals surface area contributed by atoms with Crippen molar-refractivity contribution < 1.29 is 18.9 Å². The molecule has 46 heavy (non-hydrogen) atoms. The van der Waals surface area contributed by atoms with Crippen LogP contribution in [0.4, 0.5) is 0 Å². The van der Waals surface area contributed by atoms with E-state index in [2.05, 4.69) is 72.6 Å². The van der Waals surface area contributed by atoms with Crippen LogP contribution in [0.5, 0.6) is 20.3 Å². The first-order valence-electron chi connectivity index (χ1n) is 14.4. The van der Waals surface area contributed by atoms with Crippen LogP contribution in [0.3, 0.4) is 0 Å². The first-order chi connectivity index (χ1) is 22.5. The highest BCUT2D eigenvalue weighted by atomic mass is 32.1. The van der Waals surface area contributed by atoms with Crippen LogP contribution in [0.25, 0.3) is 32.2 Å². The summed E-state index contributed by atoms with van der Waals surface area (Å²) >= 11 is 6.43. The molecule has 10 heteroatoms. The Balaban J connectivity index is 1.48. The van der Waals surface area contributed by atoms with Gasteiger partial charge in [0, 0.05) is 32.2 Å². The Labute approximate surface area is 283 Å². The molecule has 1 aromatic carbocycles. The van der Waals surface area contributed by atoms with Gasteiger partial charge in [-0.15, -0.1) is 0 Å². The Morgan fingerprint density at radius 2 is 1.13 bits per heavy atom. The number of benzene rings is 1. The Morgan fingerprint density at radius 3 is 1.74 bits per heavy atom. The van der Waals surface area contributed by atoms with Crippen molar-refractivity contribution in [1.29, 1.82) is 0 Å². The van der Waals surface area contributed by atoms with Gasteiger partial charge in [-0.2, -0.15) is 0 Å². The lowest BCUT2D eigenvalue weighted by Gasteiger charge is -2.09. The number of methoxy groups -OCH3 is 4. The Kier molecular flexibility index (Phi) is 8.44. The predicted octanol–water partition coefficient (Wildman–Crippen LogP) is 10.3. The van der Waals surface area contributed by atoms with Crippen molar-refractivity contribution in [3.8, 4) is 41.3 Å². The predicted molar refractivity (Wildman–Crippen MR) is 194 cm³/mol. The van der Waals surface area contributed by atoms with E-state index >= 15 is 0 Å². The lowest BCUT2D eigenvalue weighted by molar-refractivity contribution is 0.427. The summed E-state index contributed by atoms with van der Waals surface area (Å²) in [5.41, 5.74) is 9.20. The number of aliphatic imine (C=N–C) groups is 1. The number of hydrogen-bond acceptors (Lipinski definition) is 9. The third-order valence-corrected chi connectivity index (χ3v) is 11.9. The molecule has 5 aromatic heterocycles. The molecule has 1 N–H and O–H groups in total. The van der Waals surface area contributed by atoms with E-state index in [1.807, 2.05) is 24.3 Å². The fraction of sp³-hybridized carbons (Fsp3) is 0.139. The summed E-state index contributed by atoms with van der Waals surface area (Å²) in [6, 6.07) is 27.3. The minimum Gasteiger partial charge on any atom is -0.487 e. The highest BCUT2D eigenvalue weighted by Gasteiger charge is 2.27. The van der Waals surface area contributed by atoms with Crippen LogP contribution in [-0.2, 0) is 0 Å². The smallest absolute Gasteiger partial charge is 0.173 e. The molecule has 7 rings (SSSR count). The molecule has 1 aliphatic rings. The van der Waals surface area contributed by atoms with Crippen LogP contribution in [0.1, 0.15) is 26.6 Å². The molecule has 0 saturated heterocycles. The van der Waals surface area contributed by atoms with E-state index in [0.29, 0.717) is 0 Å². The molecular formula is C36H30N2O4S4. The maximum atomic E-state index is 5.57. The van der Waals surface area contributed by atoms with Gasteiger partial charge in [0.1, 0.15) is 0 Å². The van der Waals surface area contributed by atoms with Crippen LogP contribution in [0.2, 0.25) is 0 Å². The third-order valence-electron chi connectivity index (χ3n) is 7.59. The van der Waals surface area contributed by atoms with Gasteiger partial charge in [0.25, 0.3) is 0 Å². The van der Waals surface area contributed by atoms with Crippen molar-refractivity contribution in [2.45, 2.75) is 6.92 Å². The summed E-state index contributed by atoms with van der Waals surface area (Å²) < 4.78 is 22.2. The Morgan fingerprint density at radius 1 is 0.609 bits per heavy atom. The van der Waals surface area contributed by atoms with E-state index in [1.54, 1.807) is 73.8 Å². The van der Waals surface area contributed by atoms with Gasteiger partial charge in [-0.25, -0.2) is 4.99 Å². The molecule has 1 aliphatic heterocycles. The van der Waals surface area contributed by atoms with Crippen LogP contribution in [0, 0.1) is 6.92 Å². The molecule has 0 saturated carbocycles. The summed E-state index contributed by atoms with van der Waals surface area (Å²) in [4.78, 5) is 13.5. The van der Waals surface area contributed by atoms with Crippen molar-refractivity contribution in [3.05, 3.63) is 117 Å². The van der Waals surface area contributed by atoms with Gasteiger partial charge in [-0.05, 0) is 73.2 Å². The summed E-state index contributed by atoms with van der Waals surface area (Å²) in [7, 11) is 6.80. The quantitative estimate of drug-likeness (QED) is 0.156. The van der Waals surface area contributed by atoms with Gasteiger partial charge >= 0.3 is 0 Å². The fourth-order valence-corrected chi connectivity index (χ4v) is 8.67. The maximum absolute atomic E-state index is 5.57. The Bertz CT molecular complexity index is 2000. The number of H-pyrrole nitrogens is 1. The zero-order chi connectivity index (χ0) is 31.8. The molecule has 0 aliphatic carbocycles. The zero-order valence-corrected chi connectivity index (χ0v) is 29.1. The number of aromatic nitrogens is 1. The third kappa shape index (κ3) is 5.73. The molecule has 0 radical (unpaired) electrons. The Hall–Kier alpha value is -4.35. The molecule has 0 unspecified atom stereocenters. The number of rotatable bonds is 10. The molecule has 0 fully saturated rings. The minimum absolute atomic E-state index is 0.841. The van der Waals surface area contributed by atoms with Gasteiger partial charge in [0.15, 0.2) is 20.3 Å². The fourth-order valence-electron chi connectivity index (χ4n) is 5.33. The molecule has 6 heterocycles. The molecule has 0 amide bonds. The van der Waals surface area contributed by atoms with Crippen LogP contribution < -0.4 is 18.9 Å². The summed E-state index contributed by atoms with van der Waals surface area (Å²) in [6.07, 6.45) is 2.20. The van der Waals surface area contributed by atoms with Crippen molar-refractivity contribution >= 4 is 62.2 Å². The van der Waals surface area contributed by atoms with E-state index in [-0.39, 0.29) is 0 Å².